The largest absolute Gasteiger partial charge is 0.321 e. The Hall–Kier alpha value is -3.14. The van der Waals surface area contributed by atoms with Gasteiger partial charge >= 0.3 is 0 Å². The number of carbonyl (C=O) groups is 2. The van der Waals surface area contributed by atoms with E-state index in [0.29, 0.717) is 26.9 Å². The van der Waals surface area contributed by atoms with Gasteiger partial charge in [-0.25, -0.2) is 0 Å². The monoisotopic (exact) mass is 419 g/mol. The van der Waals surface area contributed by atoms with E-state index in [4.69, 9.17) is 23.2 Å². The summed E-state index contributed by atoms with van der Waals surface area (Å²) in [6.45, 7) is 0. The first-order valence-electron chi connectivity index (χ1n) is 8.92. The maximum atomic E-state index is 13.0. The first-order valence-corrected chi connectivity index (χ1v) is 9.67. The number of hydrogen-bond acceptors (Lipinski definition) is 2. The molecule has 4 aromatic carbocycles. The molecule has 0 aliphatic heterocycles. The zero-order chi connectivity index (χ0) is 20.4. The summed E-state index contributed by atoms with van der Waals surface area (Å²) in [6, 6.07) is 24.8. The lowest BCUT2D eigenvalue weighted by Crippen LogP contribution is -2.15. The Bertz CT molecular complexity index is 1250. The maximum Gasteiger partial charge on any atom is 0.255 e. The van der Waals surface area contributed by atoms with Crippen LogP contribution in [0.15, 0.2) is 84.9 Å². The summed E-state index contributed by atoms with van der Waals surface area (Å²) < 4.78 is 0. The van der Waals surface area contributed by atoms with Crippen LogP contribution in [0.5, 0.6) is 0 Å². The van der Waals surface area contributed by atoms with Gasteiger partial charge in [-0.1, -0.05) is 65.7 Å². The molecule has 0 saturated carbocycles. The van der Waals surface area contributed by atoms with Gasteiger partial charge in [0.1, 0.15) is 0 Å². The van der Waals surface area contributed by atoms with Crippen molar-refractivity contribution < 1.29 is 9.59 Å². The summed E-state index contributed by atoms with van der Waals surface area (Å²) in [4.78, 5) is 25.9. The molecule has 29 heavy (non-hydrogen) atoms. The second-order valence-corrected chi connectivity index (χ2v) is 7.36. The van der Waals surface area contributed by atoms with Crippen molar-refractivity contribution in [2.45, 2.75) is 0 Å². The van der Waals surface area contributed by atoms with Crippen molar-refractivity contribution >= 4 is 51.4 Å². The molecule has 0 spiro atoms. The molecular formula is C24H15Cl2NO2. The van der Waals surface area contributed by atoms with E-state index < -0.39 is 0 Å². The van der Waals surface area contributed by atoms with Crippen molar-refractivity contribution in [3.8, 4) is 0 Å². The molecule has 3 nitrogen and oxygen atoms in total. The van der Waals surface area contributed by atoms with Gasteiger partial charge in [-0.3, -0.25) is 9.59 Å². The van der Waals surface area contributed by atoms with Crippen LogP contribution in [-0.2, 0) is 0 Å². The molecule has 0 aliphatic rings. The van der Waals surface area contributed by atoms with Crippen molar-refractivity contribution in [3.63, 3.8) is 0 Å². The summed E-state index contributed by atoms with van der Waals surface area (Å²) in [5.41, 5.74) is 1.49. The van der Waals surface area contributed by atoms with Crippen molar-refractivity contribution in [3.05, 3.63) is 112 Å². The third-order valence-electron chi connectivity index (χ3n) is 4.60. The van der Waals surface area contributed by atoms with E-state index in [9.17, 15) is 9.59 Å². The van der Waals surface area contributed by atoms with Crippen LogP contribution in [0.25, 0.3) is 10.8 Å². The number of amides is 1. The van der Waals surface area contributed by atoms with Crippen LogP contribution in [0.1, 0.15) is 26.3 Å². The standard InChI is InChI=1S/C24H15Cl2NO2/c25-18-11-12-22(20(14-18)23(28)19-7-3-4-8-21(19)26)27-24(29)17-10-9-15-5-1-2-6-16(15)13-17/h1-14H,(H,27,29). The summed E-state index contributed by atoms with van der Waals surface area (Å²) in [6.07, 6.45) is 0. The van der Waals surface area contributed by atoms with Crippen LogP contribution in [0.3, 0.4) is 0 Å². The lowest BCUT2D eigenvalue weighted by molar-refractivity contribution is 0.102. The Morgan fingerprint density at radius 2 is 1.41 bits per heavy atom. The quantitative estimate of drug-likeness (QED) is 0.377. The van der Waals surface area contributed by atoms with Crippen molar-refractivity contribution in [2.75, 3.05) is 5.32 Å². The third-order valence-corrected chi connectivity index (χ3v) is 5.17. The third kappa shape index (κ3) is 4.02. The molecule has 4 rings (SSSR count). The van der Waals surface area contributed by atoms with E-state index in [0.717, 1.165) is 10.8 Å². The number of halogens is 2. The van der Waals surface area contributed by atoms with Gasteiger partial charge < -0.3 is 5.32 Å². The minimum absolute atomic E-state index is 0.278. The number of anilines is 1. The number of carbonyl (C=O) groups excluding carboxylic acids is 2. The number of benzene rings is 4. The van der Waals surface area contributed by atoms with Gasteiger partial charge in [0.05, 0.1) is 10.7 Å². The van der Waals surface area contributed by atoms with Crippen LogP contribution >= 0.6 is 23.2 Å². The first kappa shape index (κ1) is 19.2. The average molecular weight is 420 g/mol. The summed E-state index contributed by atoms with van der Waals surface area (Å²) in [7, 11) is 0. The number of hydrogen-bond donors (Lipinski definition) is 1. The van der Waals surface area contributed by atoms with Crippen LogP contribution in [0.4, 0.5) is 5.69 Å². The van der Waals surface area contributed by atoms with E-state index in [1.807, 2.05) is 36.4 Å². The fourth-order valence-electron chi connectivity index (χ4n) is 3.13. The molecule has 0 fully saturated rings. The Morgan fingerprint density at radius 3 is 2.21 bits per heavy atom. The topological polar surface area (TPSA) is 46.2 Å². The fraction of sp³-hybridized carbons (Fsp3) is 0. The van der Waals surface area contributed by atoms with Gasteiger partial charge in [0, 0.05) is 21.7 Å². The maximum absolute atomic E-state index is 13.0. The molecule has 0 aliphatic carbocycles. The highest BCUT2D eigenvalue weighted by Gasteiger charge is 2.18. The summed E-state index contributed by atoms with van der Waals surface area (Å²) >= 11 is 12.3. The predicted octanol–water partition coefficient (Wildman–Crippen LogP) is 6.63. The van der Waals surface area contributed by atoms with Gasteiger partial charge in [0.2, 0.25) is 0 Å². The zero-order valence-electron chi connectivity index (χ0n) is 15.2. The molecule has 5 heteroatoms. The SMILES string of the molecule is O=C(Nc1ccc(Cl)cc1C(=O)c1ccccc1Cl)c1ccc2ccccc2c1. The van der Waals surface area contributed by atoms with Crippen molar-refractivity contribution in [1.82, 2.24) is 0 Å². The van der Waals surface area contributed by atoms with Crippen LogP contribution in [-0.4, -0.2) is 11.7 Å². The van der Waals surface area contributed by atoms with Crippen LogP contribution < -0.4 is 5.32 Å². The van der Waals surface area contributed by atoms with Gasteiger partial charge in [-0.05, 0) is 53.2 Å². The molecule has 4 aromatic rings. The minimum atomic E-state index is -0.314. The second-order valence-electron chi connectivity index (χ2n) is 6.51. The highest BCUT2D eigenvalue weighted by Crippen LogP contribution is 2.27. The van der Waals surface area contributed by atoms with Crippen LogP contribution in [0, 0.1) is 0 Å². The Kier molecular flexibility index (Phi) is 5.34. The molecule has 1 amide bonds. The van der Waals surface area contributed by atoms with E-state index >= 15 is 0 Å². The average Bonchev–Trinajstić information content (AvgIpc) is 2.74. The smallest absolute Gasteiger partial charge is 0.255 e. The van der Waals surface area contributed by atoms with E-state index in [1.165, 1.54) is 6.07 Å². The first-order chi connectivity index (χ1) is 14.0. The summed E-state index contributed by atoms with van der Waals surface area (Å²) in [5, 5.41) is 5.57. The molecule has 0 bridgehead atoms. The number of fused-ring (bicyclic) bond motifs is 1. The Balaban J connectivity index is 1.69. The molecule has 142 valence electrons. The Labute approximate surface area is 177 Å². The Morgan fingerprint density at radius 1 is 0.690 bits per heavy atom. The van der Waals surface area contributed by atoms with Gasteiger partial charge in [0.15, 0.2) is 5.78 Å². The predicted molar refractivity (Wildman–Crippen MR) is 118 cm³/mol. The lowest BCUT2D eigenvalue weighted by Gasteiger charge is -2.12. The van der Waals surface area contributed by atoms with Crippen molar-refractivity contribution in [1.29, 1.82) is 0 Å². The normalized spacial score (nSPS) is 10.7. The molecule has 0 atom stereocenters. The van der Waals surface area contributed by atoms with Gasteiger partial charge in [-0.2, -0.15) is 0 Å². The molecule has 1 N–H and O–H groups in total. The highest BCUT2D eigenvalue weighted by atomic mass is 35.5. The van der Waals surface area contributed by atoms with Crippen LogP contribution in [0.2, 0.25) is 10.0 Å². The zero-order valence-corrected chi connectivity index (χ0v) is 16.7. The van der Waals surface area contributed by atoms with Gasteiger partial charge in [-0.15, -0.1) is 0 Å². The number of nitrogens with one attached hydrogen (secondary N) is 1. The van der Waals surface area contributed by atoms with Gasteiger partial charge in [0.25, 0.3) is 5.91 Å². The van der Waals surface area contributed by atoms with E-state index in [-0.39, 0.29) is 17.3 Å². The highest BCUT2D eigenvalue weighted by molar-refractivity contribution is 6.36. The fourth-order valence-corrected chi connectivity index (χ4v) is 3.52. The molecule has 0 aromatic heterocycles. The second kappa shape index (κ2) is 8.08. The number of ketones is 1. The van der Waals surface area contributed by atoms with Crippen molar-refractivity contribution in [2.24, 2.45) is 0 Å². The molecule has 0 radical (unpaired) electrons. The molecule has 0 heterocycles. The molecular weight excluding hydrogens is 405 g/mol. The lowest BCUT2D eigenvalue weighted by atomic mass is 10.0. The van der Waals surface area contributed by atoms with E-state index in [1.54, 1.807) is 42.5 Å². The minimum Gasteiger partial charge on any atom is -0.321 e. The van der Waals surface area contributed by atoms with E-state index in [2.05, 4.69) is 5.32 Å². The molecule has 0 saturated heterocycles. The number of rotatable bonds is 4. The summed E-state index contributed by atoms with van der Waals surface area (Å²) in [5.74, 6) is -0.627. The molecule has 0 unspecified atom stereocenters.